The van der Waals surface area contributed by atoms with Crippen molar-refractivity contribution in [2.24, 2.45) is 0 Å². The van der Waals surface area contributed by atoms with Crippen molar-refractivity contribution in [2.45, 2.75) is 74.9 Å². The molecule has 4 rings (SSSR count). The lowest BCUT2D eigenvalue weighted by Gasteiger charge is -2.46. The molecule has 0 bridgehead atoms. The summed E-state index contributed by atoms with van der Waals surface area (Å²) < 4.78 is 43.0. The normalized spacial score (nSPS) is 50.8. The van der Waals surface area contributed by atoms with Gasteiger partial charge in [0.25, 0.3) is 0 Å². The Hall–Kier alpha value is 0.450. The van der Waals surface area contributed by atoms with Gasteiger partial charge in [0.15, 0.2) is 17.2 Å². The third-order valence-corrected chi connectivity index (χ3v) is 6.40. The number of alkyl halides is 1. The molecule has 0 aromatic carbocycles. The van der Waals surface area contributed by atoms with Crippen molar-refractivity contribution in [1.82, 2.24) is 0 Å². The second kappa shape index (κ2) is 5.48. The van der Waals surface area contributed by atoms with Gasteiger partial charge in [-0.2, -0.15) is 0 Å². The molecule has 0 N–H and O–H groups in total. The molecule has 138 valence electrons. The fourth-order valence-corrected chi connectivity index (χ4v) is 5.39. The first-order chi connectivity index (χ1) is 11.2. The first kappa shape index (κ1) is 17.8. The van der Waals surface area contributed by atoms with Crippen LogP contribution < -0.4 is 0 Å². The number of hydrogen-bond donors (Lipinski definition) is 0. The number of methoxy groups -OCH3 is 1. The summed E-state index contributed by atoms with van der Waals surface area (Å²) in [5.41, 5.74) is -1.26. The molecule has 6 atom stereocenters. The van der Waals surface area contributed by atoms with Crippen LogP contribution >= 0.6 is 22.6 Å². The zero-order chi connectivity index (χ0) is 17.4. The van der Waals surface area contributed by atoms with Crippen molar-refractivity contribution in [3.05, 3.63) is 0 Å². The Kier molecular flexibility index (Phi) is 4.07. The molecule has 0 amide bonds. The molecule has 0 radical (unpaired) electrons. The fraction of sp³-hybridized carbons (Fsp3) is 1.00. The lowest BCUT2D eigenvalue weighted by atomic mass is 9.72. The van der Waals surface area contributed by atoms with Gasteiger partial charge in [0.2, 0.25) is 0 Å². The second-order valence-electron chi connectivity index (χ2n) is 7.85. The van der Waals surface area contributed by atoms with Crippen LogP contribution in [0.3, 0.4) is 0 Å². The van der Waals surface area contributed by atoms with Gasteiger partial charge in [0.05, 0.1) is 6.61 Å². The van der Waals surface area contributed by atoms with Crippen LogP contribution in [0.4, 0.5) is 0 Å². The van der Waals surface area contributed by atoms with Crippen molar-refractivity contribution in [3.63, 3.8) is 0 Å². The lowest BCUT2D eigenvalue weighted by molar-refractivity contribution is -0.259. The molecule has 8 heteroatoms. The van der Waals surface area contributed by atoms with E-state index in [0.717, 1.165) is 4.43 Å². The predicted molar refractivity (Wildman–Crippen MR) is 90.9 cm³/mol. The molecule has 0 aromatic rings. The summed E-state index contributed by atoms with van der Waals surface area (Å²) in [6.45, 7) is 8.16. The average molecular weight is 456 g/mol. The Morgan fingerprint density at radius 1 is 1.04 bits per heavy atom. The Balaban J connectivity index is 1.76. The van der Waals surface area contributed by atoms with E-state index in [2.05, 4.69) is 22.6 Å². The number of rotatable bonds is 4. The molecule has 24 heavy (non-hydrogen) atoms. The van der Waals surface area contributed by atoms with E-state index >= 15 is 0 Å². The maximum atomic E-state index is 6.43. The summed E-state index contributed by atoms with van der Waals surface area (Å²) in [6, 6.07) is 0. The molecular formula is C16H25IO7. The summed E-state index contributed by atoms with van der Waals surface area (Å²) in [6.07, 6.45) is -0.942. The van der Waals surface area contributed by atoms with E-state index in [1.807, 2.05) is 27.7 Å². The van der Waals surface area contributed by atoms with Gasteiger partial charge < -0.3 is 33.2 Å². The maximum absolute atomic E-state index is 6.43. The predicted octanol–water partition coefficient (Wildman–Crippen LogP) is 1.60. The molecule has 1 spiro atoms. The lowest BCUT2D eigenvalue weighted by Crippen LogP contribution is -2.69. The molecule has 3 aliphatic heterocycles. The van der Waals surface area contributed by atoms with Crippen molar-refractivity contribution in [2.75, 3.05) is 24.9 Å². The van der Waals surface area contributed by atoms with Gasteiger partial charge >= 0.3 is 0 Å². The van der Waals surface area contributed by atoms with Crippen LogP contribution in [0, 0.1) is 0 Å². The van der Waals surface area contributed by atoms with Crippen LogP contribution in [0.1, 0.15) is 27.7 Å². The Labute approximate surface area is 155 Å². The quantitative estimate of drug-likeness (QED) is 0.276. The summed E-state index contributed by atoms with van der Waals surface area (Å²) in [5, 5.41) is 0. The number of fused-ring (bicyclic) bond motifs is 4. The van der Waals surface area contributed by atoms with Gasteiger partial charge in [-0.25, -0.2) is 0 Å². The molecule has 3 heterocycles. The van der Waals surface area contributed by atoms with E-state index in [-0.39, 0.29) is 31.2 Å². The molecule has 1 saturated carbocycles. The highest BCUT2D eigenvalue weighted by Crippen LogP contribution is 2.61. The summed E-state index contributed by atoms with van der Waals surface area (Å²) in [7, 11) is 1.61. The van der Waals surface area contributed by atoms with Gasteiger partial charge in [0.1, 0.15) is 36.8 Å². The number of halogens is 1. The number of ether oxygens (including phenoxy) is 7. The topological polar surface area (TPSA) is 67.9 Å². The Morgan fingerprint density at radius 2 is 1.79 bits per heavy atom. The molecule has 4 aliphatic rings. The standard InChI is InChI=1S/C16H25IO7/c1-13(2)20-7-16(24-13)11-9(21-14(3,4)22-11)10-15(6-17,23-10)12(16)19-8-18-5/h9-12H,6-8H2,1-5H3/t9-,10+,11-,12+,15+,16+/m0/s1. The van der Waals surface area contributed by atoms with E-state index in [1.54, 1.807) is 7.11 Å². The van der Waals surface area contributed by atoms with Crippen LogP contribution in [0.5, 0.6) is 0 Å². The molecule has 4 fully saturated rings. The van der Waals surface area contributed by atoms with Crippen LogP contribution in [0.2, 0.25) is 0 Å². The minimum absolute atomic E-state index is 0.0685. The number of hydrogen-bond acceptors (Lipinski definition) is 7. The average Bonchev–Trinajstić information content (AvgIpc) is 3.02. The minimum Gasteiger partial charge on any atom is -0.359 e. The minimum atomic E-state index is -0.793. The van der Waals surface area contributed by atoms with Gasteiger partial charge in [-0.1, -0.05) is 22.6 Å². The van der Waals surface area contributed by atoms with E-state index in [9.17, 15) is 0 Å². The second-order valence-corrected chi connectivity index (χ2v) is 8.61. The molecule has 0 aromatic heterocycles. The monoisotopic (exact) mass is 456 g/mol. The highest BCUT2D eigenvalue weighted by Gasteiger charge is 2.82. The first-order valence-electron chi connectivity index (χ1n) is 8.24. The van der Waals surface area contributed by atoms with Crippen molar-refractivity contribution in [1.29, 1.82) is 0 Å². The van der Waals surface area contributed by atoms with Crippen LogP contribution in [-0.4, -0.2) is 72.1 Å². The van der Waals surface area contributed by atoms with E-state index in [4.69, 9.17) is 33.2 Å². The van der Waals surface area contributed by atoms with Gasteiger partial charge in [0, 0.05) is 11.5 Å². The molecule has 3 saturated heterocycles. The first-order valence-corrected chi connectivity index (χ1v) is 9.76. The van der Waals surface area contributed by atoms with Crippen molar-refractivity contribution >= 4 is 22.6 Å². The number of epoxide rings is 1. The van der Waals surface area contributed by atoms with Crippen LogP contribution in [-0.2, 0) is 33.2 Å². The molecule has 7 nitrogen and oxygen atoms in total. The Morgan fingerprint density at radius 3 is 2.38 bits per heavy atom. The zero-order valence-electron chi connectivity index (χ0n) is 14.7. The van der Waals surface area contributed by atoms with Crippen molar-refractivity contribution < 1.29 is 33.2 Å². The summed E-state index contributed by atoms with van der Waals surface area (Å²) in [4.78, 5) is 0. The summed E-state index contributed by atoms with van der Waals surface area (Å²) in [5.74, 6) is -1.42. The molecular weight excluding hydrogens is 431 g/mol. The fourth-order valence-electron chi connectivity index (χ4n) is 4.38. The van der Waals surface area contributed by atoms with E-state index in [1.165, 1.54) is 0 Å². The third-order valence-electron chi connectivity index (χ3n) is 5.21. The zero-order valence-corrected chi connectivity index (χ0v) is 16.8. The van der Waals surface area contributed by atoms with E-state index < -0.39 is 22.8 Å². The van der Waals surface area contributed by atoms with Crippen molar-refractivity contribution in [3.8, 4) is 0 Å². The molecule has 1 aliphatic carbocycles. The van der Waals surface area contributed by atoms with E-state index in [0.29, 0.717) is 6.61 Å². The SMILES string of the molecule is COCO[C@@H]1[C@]2(CI)O[C@@H]2[C@@H]2OC(C)(C)O[C@@H]2[C@]12COC(C)(C)O2. The van der Waals surface area contributed by atoms with Crippen LogP contribution in [0.15, 0.2) is 0 Å². The van der Waals surface area contributed by atoms with Gasteiger partial charge in [-0.05, 0) is 27.7 Å². The maximum Gasteiger partial charge on any atom is 0.164 e. The third kappa shape index (κ3) is 2.41. The molecule has 0 unspecified atom stereocenters. The highest BCUT2D eigenvalue weighted by atomic mass is 127. The van der Waals surface area contributed by atoms with Gasteiger partial charge in [-0.15, -0.1) is 0 Å². The van der Waals surface area contributed by atoms with Crippen LogP contribution in [0.25, 0.3) is 0 Å². The highest BCUT2D eigenvalue weighted by molar-refractivity contribution is 14.1. The Bertz CT molecular complexity index is 527. The summed E-state index contributed by atoms with van der Waals surface area (Å²) >= 11 is 2.33. The largest absolute Gasteiger partial charge is 0.359 e. The van der Waals surface area contributed by atoms with Gasteiger partial charge in [-0.3, -0.25) is 0 Å². The smallest absolute Gasteiger partial charge is 0.164 e.